The fourth-order valence-electron chi connectivity index (χ4n) is 4.61. The Hall–Kier alpha value is -3.85. The lowest BCUT2D eigenvalue weighted by molar-refractivity contribution is -0.139. The van der Waals surface area contributed by atoms with Gasteiger partial charge < -0.3 is 10.2 Å². The maximum Gasteiger partial charge on any atom is 0.264 e. The summed E-state index contributed by atoms with van der Waals surface area (Å²) >= 11 is 12.8. The lowest BCUT2D eigenvalue weighted by atomic mass is 10.0. The molecule has 0 saturated heterocycles. The van der Waals surface area contributed by atoms with Gasteiger partial charge >= 0.3 is 0 Å². The zero-order chi connectivity index (χ0) is 30.3. The molecule has 0 aliphatic rings. The molecule has 0 fully saturated rings. The van der Waals surface area contributed by atoms with Crippen LogP contribution in [-0.2, 0) is 32.6 Å². The van der Waals surface area contributed by atoms with Crippen molar-refractivity contribution in [3.8, 4) is 0 Å². The third-order valence-corrected chi connectivity index (χ3v) is 9.24. The van der Waals surface area contributed by atoms with Crippen LogP contribution in [0.4, 0.5) is 5.69 Å². The van der Waals surface area contributed by atoms with Crippen molar-refractivity contribution < 1.29 is 18.0 Å². The van der Waals surface area contributed by atoms with Crippen molar-refractivity contribution in [1.29, 1.82) is 0 Å². The van der Waals surface area contributed by atoms with E-state index in [1.165, 1.54) is 30.1 Å². The van der Waals surface area contributed by atoms with Crippen molar-refractivity contribution in [3.63, 3.8) is 0 Å². The van der Waals surface area contributed by atoms with Crippen LogP contribution in [0, 0.1) is 6.92 Å². The van der Waals surface area contributed by atoms with E-state index in [0.717, 1.165) is 9.87 Å². The second-order valence-electron chi connectivity index (χ2n) is 9.69. The van der Waals surface area contributed by atoms with Gasteiger partial charge in [0.15, 0.2) is 0 Å². The fourth-order valence-corrected chi connectivity index (χ4v) is 6.47. The van der Waals surface area contributed by atoms with E-state index >= 15 is 0 Å². The third-order valence-electron chi connectivity index (χ3n) is 6.87. The molecule has 0 heterocycles. The zero-order valence-corrected chi connectivity index (χ0v) is 25.5. The molecule has 4 rings (SSSR count). The van der Waals surface area contributed by atoms with Crippen LogP contribution in [0.3, 0.4) is 0 Å². The molecular formula is C32H31Cl2N3O4S. The minimum Gasteiger partial charge on any atom is -0.357 e. The standard InChI is InChI=1S/C32H31Cl2N3O4S/c1-23-17-18-26(33)20-29(23)37(42(40,41)27-14-7-4-8-15-27)22-31(38)36(21-25-13-9-10-16-28(25)34)30(32(39)35-2)19-24-11-5-3-6-12-24/h3-18,20,30H,19,21-22H2,1-2H3,(H,35,39)/t30-/m1/s1. The van der Waals surface area contributed by atoms with Crippen LogP contribution >= 0.6 is 23.2 Å². The van der Waals surface area contributed by atoms with Crippen molar-refractivity contribution in [1.82, 2.24) is 10.2 Å². The Morgan fingerprint density at radius 1 is 0.857 bits per heavy atom. The molecule has 0 unspecified atom stereocenters. The van der Waals surface area contributed by atoms with Crippen molar-refractivity contribution in [2.45, 2.75) is 30.8 Å². The number of halogens is 2. The Balaban J connectivity index is 1.82. The normalized spacial score (nSPS) is 11.9. The lowest BCUT2D eigenvalue weighted by Crippen LogP contribution is -2.53. The monoisotopic (exact) mass is 623 g/mol. The fraction of sp³-hybridized carbons (Fsp3) is 0.188. The van der Waals surface area contributed by atoms with E-state index in [4.69, 9.17) is 23.2 Å². The Labute approximate surface area is 256 Å². The number of hydrogen-bond acceptors (Lipinski definition) is 4. The molecule has 0 saturated carbocycles. The summed E-state index contributed by atoms with van der Waals surface area (Å²) in [6.45, 7) is 1.15. The van der Waals surface area contributed by atoms with Gasteiger partial charge in [-0.05, 0) is 53.9 Å². The van der Waals surface area contributed by atoms with Crippen LogP contribution in [-0.4, -0.2) is 44.8 Å². The van der Waals surface area contributed by atoms with Gasteiger partial charge in [0.25, 0.3) is 10.0 Å². The first-order valence-corrected chi connectivity index (χ1v) is 15.4. The number of aryl methyl sites for hydroxylation is 1. The smallest absolute Gasteiger partial charge is 0.264 e. The van der Waals surface area contributed by atoms with Gasteiger partial charge in [0.2, 0.25) is 11.8 Å². The number of rotatable bonds is 11. The van der Waals surface area contributed by atoms with Gasteiger partial charge in [-0.15, -0.1) is 0 Å². The van der Waals surface area contributed by atoms with Gasteiger partial charge in [-0.3, -0.25) is 13.9 Å². The van der Waals surface area contributed by atoms with E-state index in [0.29, 0.717) is 21.2 Å². The molecule has 1 N–H and O–H groups in total. The Bertz CT molecular complexity index is 1650. The second kappa shape index (κ2) is 13.9. The van der Waals surface area contributed by atoms with Crippen LogP contribution in [0.5, 0.6) is 0 Å². The Kier molecular flexibility index (Phi) is 10.3. The quantitative estimate of drug-likeness (QED) is 0.226. The summed E-state index contributed by atoms with van der Waals surface area (Å²) in [5.74, 6) is -0.978. The van der Waals surface area contributed by atoms with E-state index in [1.807, 2.05) is 30.3 Å². The van der Waals surface area contributed by atoms with Gasteiger partial charge in [-0.1, -0.05) is 96.0 Å². The van der Waals surface area contributed by atoms with Crippen LogP contribution in [0.15, 0.2) is 108 Å². The van der Waals surface area contributed by atoms with E-state index in [-0.39, 0.29) is 23.5 Å². The second-order valence-corrected chi connectivity index (χ2v) is 12.4. The van der Waals surface area contributed by atoms with E-state index < -0.39 is 34.4 Å². The minimum atomic E-state index is -4.21. The number of amides is 2. The topological polar surface area (TPSA) is 86.8 Å². The van der Waals surface area contributed by atoms with Gasteiger partial charge in [0.1, 0.15) is 12.6 Å². The molecule has 0 spiro atoms. The summed E-state index contributed by atoms with van der Waals surface area (Å²) in [7, 11) is -2.71. The average molecular weight is 625 g/mol. The molecule has 0 aromatic heterocycles. The summed E-state index contributed by atoms with van der Waals surface area (Å²) in [6, 6.07) is 28.1. The molecule has 1 atom stereocenters. The number of anilines is 1. The van der Waals surface area contributed by atoms with Gasteiger partial charge in [-0.2, -0.15) is 0 Å². The molecule has 2 amide bonds. The predicted molar refractivity (Wildman–Crippen MR) is 167 cm³/mol. The molecule has 218 valence electrons. The number of carbonyl (C=O) groups excluding carboxylic acids is 2. The maximum absolute atomic E-state index is 14.3. The number of benzene rings is 4. The summed E-state index contributed by atoms with van der Waals surface area (Å²) in [5.41, 5.74) is 2.32. The molecule has 4 aromatic rings. The molecule has 0 aliphatic heterocycles. The van der Waals surface area contributed by atoms with Crippen molar-refractivity contribution in [3.05, 3.63) is 130 Å². The first-order valence-electron chi connectivity index (χ1n) is 13.2. The van der Waals surface area contributed by atoms with Crippen molar-refractivity contribution in [2.24, 2.45) is 0 Å². The van der Waals surface area contributed by atoms with E-state index in [9.17, 15) is 18.0 Å². The highest BCUT2D eigenvalue weighted by Crippen LogP contribution is 2.30. The number of hydrogen-bond donors (Lipinski definition) is 1. The summed E-state index contributed by atoms with van der Waals surface area (Å²) in [5, 5.41) is 3.40. The zero-order valence-electron chi connectivity index (χ0n) is 23.2. The SMILES string of the molecule is CNC(=O)[C@@H](Cc1ccccc1)N(Cc1ccccc1Cl)C(=O)CN(c1cc(Cl)ccc1C)S(=O)(=O)c1ccccc1. The Morgan fingerprint density at radius 3 is 2.12 bits per heavy atom. The van der Waals surface area contributed by atoms with Crippen molar-refractivity contribution in [2.75, 3.05) is 17.9 Å². The molecule has 0 aliphatic carbocycles. The minimum absolute atomic E-state index is 0.0157. The highest BCUT2D eigenvalue weighted by atomic mass is 35.5. The number of likely N-dealkylation sites (N-methyl/N-ethyl adjacent to an activating group) is 1. The van der Waals surface area contributed by atoms with Gasteiger partial charge in [0.05, 0.1) is 10.6 Å². The molecule has 4 aromatic carbocycles. The molecule has 7 nitrogen and oxygen atoms in total. The van der Waals surface area contributed by atoms with E-state index in [2.05, 4.69) is 5.32 Å². The predicted octanol–water partition coefficient (Wildman–Crippen LogP) is 5.88. The van der Waals surface area contributed by atoms with Crippen LogP contribution in [0.25, 0.3) is 0 Å². The van der Waals surface area contributed by atoms with Crippen LogP contribution in [0.2, 0.25) is 10.0 Å². The summed E-state index contributed by atoms with van der Waals surface area (Å²) in [6.07, 6.45) is 0.207. The van der Waals surface area contributed by atoms with Crippen LogP contribution in [0.1, 0.15) is 16.7 Å². The molecule has 10 heteroatoms. The number of nitrogens with zero attached hydrogens (tertiary/aromatic N) is 2. The first kappa shape index (κ1) is 31.1. The highest BCUT2D eigenvalue weighted by Gasteiger charge is 2.35. The molecule has 42 heavy (non-hydrogen) atoms. The number of carbonyl (C=O) groups is 2. The lowest BCUT2D eigenvalue weighted by Gasteiger charge is -2.34. The van der Waals surface area contributed by atoms with E-state index in [1.54, 1.807) is 61.5 Å². The first-order chi connectivity index (χ1) is 20.1. The van der Waals surface area contributed by atoms with Gasteiger partial charge in [-0.25, -0.2) is 8.42 Å². The Morgan fingerprint density at radius 2 is 1.48 bits per heavy atom. The molecular weight excluding hydrogens is 593 g/mol. The summed E-state index contributed by atoms with van der Waals surface area (Å²) in [4.78, 5) is 29.1. The van der Waals surface area contributed by atoms with Crippen LogP contribution < -0.4 is 9.62 Å². The van der Waals surface area contributed by atoms with Crippen molar-refractivity contribution >= 4 is 50.7 Å². The third kappa shape index (κ3) is 7.31. The maximum atomic E-state index is 14.3. The highest BCUT2D eigenvalue weighted by molar-refractivity contribution is 7.92. The summed E-state index contributed by atoms with van der Waals surface area (Å²) < 4.78 is 29.1. The largest absolute Gasteiger partial charge is 0.357 e. The van der Waals surface area contributed by atoms with Gasteiger partial charge in [0, 0.05) is 30.1 Å². The number of nitrogens with one attached hydrogen (secondary N) is 1. The molecule has 0 radical (unpaired) electrons. The number of sulfonamides is 1. The molecule has 0 bridgehead atoms. The average Bonchev–Trinajstić information content (AvgIpc) is 3.00.